The minimum absolute atomic E-state index is 0.0940. The molecule has 0 saturated carbocycles. The van der Waals surface area contributed by atoms with Crippen LogP contribution < -0.4 is 16.0 Å². The number of benzene rings is 4. The largest absolute Gasteiger partial charge is 0.350 e. The Balaban J connectivity index is 1.45. The van der Waals surface area contributed by atoms with Gasteiger partial charge in [-0.3, -0.25) is 14.4 Å². The van der Waals surface area contributed by atoms with Gasteiger partial charge in [0.2, 0.25) is 0 Å². The molecule has 0 saturated heterocycles. The van der Waals surface area contributed by atoms with E-state index in [0.29, 0.717) is 0 Å². The van der Waals surface area contributed by atoms with Gasteiger partial charge < -0.3 is 16.0 Å². The van der Waals surface area contributed by atoms with Crippen LogP contribution in [0.4, 0.5) is 0 Å². The highest BCUT2D eigenvalue weighted by atomic mass is 16.2. The number of amides is 3. The van der Waals surface area contributed by atoms with Crippen LogP contribution in [0.15, 0.2) is 109 Å². The molecule has 3 atom stereocenters. The van der Waals surface area contributed by atoms with E-state index in [1.165, 1.54) is 16.7 Å². The van der Waals surface area contributed by atoms with Crippen molar-refractivity contribution in [2.75, 3.05) is 0 Å². The zero-order valence-electron chi connectivity index (χ0n) is 26.6. The van der Waals surface area contributed by atoms with E-state index in [2.05, 4.69) is 52.3 Å². The third kappa shape index (κ3) is 11.1. The van der Waals surface area contributed by atoms with Crippen LogP contribution in [0.1, 0.15) is 87.8 Å². The van der Waals surface area contributed by atoms with Crippen molar-refractivity contribution in [1.29, 1.82) is 0 Å². The summed E-state index contributed by atoms with van der Waals surface area (Å²) in [6.07, 6.45) is 4.80. The molecule has 4 aromatic carbocycles. The van der Waals surface area contributed by atoms with Crippen molar-refractivity contribution >= 4 is 17.7 Å². The molecule has 45 heavy (non-hydrogen) atoms. The SMILES string of the molecule is C[C@@H](CCc1ccccc1)NC(=O)c1cc(C(=O)N[C@@H](C)CCc2ccccc2)cc(C(=O)N[C@@H](C)CCc2ccccc2)c1. The van der Waals surface area contributed by atoms with Gasteiger partial charge in [-0.05, 0) is 94.2 Å². The molecule has 0 radical (unpaired) electrons. The predicted octanol–water partition coefficient (Wildman–Crippen LogP) is 6.94. The molecule has 0 aromatic heterocycles. The van der Waals surface area contributed by atoms with E-state index < -0.39 is 0 Å². The summed E-state index contributed by atoms with van der Waals surface area (Å²) in [5.41, 5.74) is 4.48. The molecule has 0 heterocycles. The van der Waals surface area contributed by atoms with Crippen molar-refractivity contribution in [1.82, 2.24) is 16.0 Å². The van der Waals surface area contributed by atoms with Gasteiger partial charge in [0.25, 0.3) is 17.7 Å². The first-order chi connectivity index (χ1) is 21.8. The van der Waals surface area contributed by atoms with Gasteiger partial charge in [-0.25, -0.2) is 0 Å². The maximum atomic E-state index is 13.4. The van der Waals surface area contributed by atoms with Gasteiger partial charge in [-0.2, -0.15) is 0 Å². The zero-order valence-corrected chi connectivity index (χ0v) is 26.6. The lowest BCUT2D eigenvalue weighted by molar-refractivity contribution is 0.0937. The maximum Gasteiger partial charge on any atom is 0.251 e. The molecule has 0 aliphatic heterocycles. The van der Waals surface area contributed by atoms with Crippen LogP contribution in [0.3, 0.4) is 0 Å². The zero-order chi connectivity index (χ0) is 32.0. The number of hydrogen-bond donors (Lipinski definition) is 3. The molecule has 3 amide bonds. The fourth-order valence-electron chi connectivity index (χ4n) is 5.24. The van der Waals surface area contributed by atoms with Crippen molar-refractivity contribution < 1.29 is 14.4 Å². The van der Waals surface area contributed by atoms with Crippen LogP contribution in [0.2, 0.25) is 0 Å². The number of nitrogens with one attached hydrogen (secondary N) is 3. The van der Waals surface area contributed by atoms with Gasteiger partial charge in [0, 0.05) is 34.8 Å². The van der Waals surface area contributed by atoms with E-state index in [1.807, 2.05) is 75.4 Å². The molecule has 3 N–H and O–H groups in total. The standard InChI is InChI=1S/C39H45N3O3/c1-28(19-22-31-13-7-4-8-14-31)40-37(43)34-25-35(38(44)41-29(2)20-23-32-15-9-5-10-16-32)27-36(26-34)39(45)42-30(3)21-24-33-17-11-6-12-18-33/h4-18,25-30H,19-24H2,1-3H3,(H,40,43)(H,41,44)(H,42,45)/t28-,29-,30-/m0/s1. The Bertz CT molecular complexity index is 1330. The minimum Gasteiger partial charge on any atom is -0.350 e. The molecule has 6 heteroatoms. The molecule has 4 rings (SSSR count). The van der Waals surface area contributed by atoms with Gasteiger partial charge >= 0.3 is 0 Å². The Morgan fingerprint density at radius 2 is 0.689 bits per heavy atom. The van der Waals surface area contributed by atoms with Gasteiger partial charge in [0.15, 0.2) is 0 Å². The third-order valence-corrected chi connectivity index (χ3v) is 7.98. The summed E-state index contributed by atoms with van der Waals surface area (Å²) in [5.74, 6) is -0.935. The molecule has 4 aromatic rings. The van der Waals surface area contributed by atoms with E-state index in [1.54, 1.807) is 18.2 Å². The number of carbonyl (C=O) groups excluding carboxylic acids is 3. The summed E-state index contributed by atoms with van der Waals surface area (Å²) >= 11 is 0. The Hall–Kier alpha value is -4.71. The fourth-order valence-corrected chi connectivity index (χ4v) is 5.24. The van der Waals surface area contributed by atoms with E-state index >= 15 is 0 Å². The monoisotopic (exact) mass is 603 g/mol. The average Bonchev–Trinajstić information content (AvgIpc) is 3.06. The molecular formula is C39H45N3O3. The summed E-state index contributed by atoms with van der Waals surface area (Å²) in [4.78, 5) is 40.2. The highest BCUT2D eigenvalue weighted by Crippen LogP contribution is 2.15. The molecule has 0 fully saturated rings. The molecular weight excluding hydrogens is 558 g/mol. The Morgan fingerprint density at radius 1 is 0.444 bits per heavy atom. The summed E-state index contributed by atoms with van der Waals surface area (Å²) in [6, 6.07) is 34.9. The van der Waals surface area contributed by atoms with Crippen LogP contribution in [-0.4, -0.2) is 35.8 Å². The predicted molar refractivity (Wildman–Crippen MR) is 182 cm³/mol. The molecule has 0 aliphatic carbocycles. The van der Waals surface area contributed by atoms with Crippen LogP contribution in [0.25, 0.3) is 0 Å². The lowest BCUT2D eigenvalue weighted by Gasteiger charge is -2.18. The second-order valence-corrected chi connectivity index (χ2v) is 12.0. The molecule has 0 unspecified atom stereocenters. The highest BCUT2D eigenvalue weighted by Gasteiger charge is 2.20. The third-order valence-electron chi connectivity index (χ3n) is 7.98. The molecule has 6 nitrogen and oxygen atoms in total. The lowest BCUT2D eigenvalue weighted by atomic mass is 10.0. The first-order valence-corrected chi connectivity index (χ1v) is 16.0. The second kappa shape index (κ2) is 17.0. The van der Waals surface area contributed by atoms with Crippen molar-refractivity contribution in [3.05, 3.63) is 143 Å². The van der Waals surface area contributed by atoms with Gasteiger partial charge in [0.1, 0.15) is 0 Å². The van der Waals surface area contributed by atoms with Crippen molar-refractivity contribution in [2.24, 2.45) is 0 Å². The molecule has 0 spiro atoms. The molecule has 0 bridgehead atoms. The Morgan fingerprint density at radius 3 is 0.933 bits per heavy atom. The minimum atomic E-state index is -0.312. The summed E-state index contributed by atoms with van der Waals surface area (Å²) in [6.45, 7) is 5.90. The Kier molecular flexibility index (Phi) is 12.5. The quantitative estimate of drug-likeness (QED) is 0.138. The summed E-state index contributed by atoms with van der Waals surface area (Å²) in [5, 5.41) is 9.16. The number of aryl methyl sites for hydroxylation is 3. The van der Waals surface area contributed by atoms with Crippen LogP contribution >= 0.6 is 0 Å². The van der Waals surface area contributed by atoms with Crippen molar-refractivity contribution in [3.63, 3.8) is 0 Å². The van der Waals surface area contributed by atoms with E-state index in [9.17, 15) is 14.4 Å². The van der Waals surface area contributed by atoms with Crippen LogP contribution in [0.5, 0.6) is 0 Å². The topological polar surface area (TPSA) is 87.3 Å². The van der Waals surface area contributed by atoms with E-state index in [4.69, 9.17) is 0 Å². The number of carbonyl (C=O) groups is 3. The van der Waals surface area contributed by atoms with Gasteiger partial charge in [-0.15, -0.1) is 0 Å². The smallest absolute Gasteiger partial charge is 0.251 e. The lowest BCUT2D eigenvalue weighted by Crippen LogP contribution is -2.36. The number of rotatable bonds is 15. The summed E-state index contributed by atoms with van der Waals surface area (Å²) in [7, 11) is 0. The maximum absolute atomic E-state index is 13.4. The second-order valence-electron chi connectivity index (χ2n) is 12.0. The first-order valence-electron chi connectivity index (χ1n) is 16.0. The Labute approximate surface area is 267 Å². The first kappa shape index (κ1) is 33.2. The van der Waals surface area contributed by atoms with E-state index in [0.717, 1.165) is 38.5 Å². The summed E-state index contributed by atoms with van der Waals surface area (Å²) < 4.78 is 0. The molecule has 0 aliphatic rings. The van der Waals surface area contributed by atoms with Crippen LogP contribution in [-0.2, 0) is 19.3 Å². The van der Waals surface area contributed by atoms with E-state index in [-0.39, 0.29) is 52.5 Å². The highest BCUT2D eigenvalue weighted by molar-refractivity contribution is 6.04. The van der Waals surface area contributed by atoms with Crippen molar-refractivity contribution in [3.8, 4) is 0 Å². The average molecular weight is 604 g/mol. The fraction of sp³-hybridized carbons (Fsp3) is 0.308. The normalized spacial score (nSPS) is 12.9. The van der Waals surface area contributed by atoms with Gasteiger partial charge in [0.05, 0.1) is 0 Å². The van der Waals surface area contributed by atoms with Crippen molar-refractivity contribution in [2.45, 2.75) is 77.4 Å². The number of hydrogen-bond acceptors (Lipinski definition) is 3. The van der Waals surface area contributed by atoms with Gasteiger partial charge in [-0.1, -0.05) is 91.0 Å². The van der Waals surface area contributed by atoms with Crippen LogP contribution in [0, 0.1) is 0 Å². The molecule has 234 valence electrons.